The molecule has 0 aliphatic carbocycles. The summed E-state index contributed by atoms with van der Waals surface area (Å²) in [5.41, 5.74) is 2.14. The molecule has 28 heavy (non-hydrogen) atoms. The Labute approximate surface area is 163 Å². The molecule has 0 spiro atoms. The van der Waals surface area contributed by atoms with Crippen molar-refractivity contribution in [2.24, 2.45) is 0 Å². The number of quaternary nitrogens is 1. The van der Waals surface area contributed by atoms with E-state index in [2.05, 4.69) is 12.1 Å². The fourth-order valence-electron chi connectivity index (χ4n) is 3.43. The van der Waals surface area contributed by atoms with Gasteiger partial charge in [-0.1, -0.05) is 42.1 Å². The van der Waals surface area contributed by atoms with Crippen LogP contribution < -0.4 is 14.7 Å². The number of hydrogen-bond acceptors (Lipinski definition) is 4. The number of carbonyl (C=O) groups excluding carboxylic acids is 1. The third-order valence-corrected chi connectivity index (χ3v) is 4.76. The van der Waals surface area contributed by atoms with Crippen LogP contribution in [0.15, 0.2) is 64.8 Å². The number of benzene rings is 2. The van der Waals surface area contributed by atoms with Crippen LogP contribution in [0.25, 0.3) is 6.08 Å². The molecule has 0 radical (unpaired) electrons. The fourth-order valence-corrected chi connectivity index (χ4v) is 3.43. The number of Topliss-reactive ketones (excluding diaryl/α,β-unsaturated/α-hetero) is 1. The van der Waals surface area contributed by atoms with Crippen LogP contribution in [0.1, 0.15) is 33.0 Å². The highest BCUT2D eigenvalue weighted by Crippen LogP contribution is 2.38. The van der Waals surface area contributed by atoms with Gasteiger partial charge in [-0.15, -0.1) is 0 Å². The number of aryl methyl sites for hydroxylation is 1. The molecule has 0 fully saturated rings. The number of nitrogens with one attached hydrogen (secondary N) is 1. The van der Waals surface area contributed by atoms with Crippen molar-refractivity contribution in [2.45, 2.75) is 20.0 Å². The maximum atomic E-state index is 12.7. The van der Waals surface area contributed by atoms with E-state index in [1.54, 1.807) is 18.2 Å². The summed E-state index contributed by atoms with van der Waals surface area (Å²) >= 11 is 0. The Balaban J connectivity index is 1.60. The summed E-state index contributed by atoms with van der Waals surface area (Å²) in [5, 5.41) is 12.5. The molecule has 1 aliphatic heterocycles. The SMILES string of the molecule is Cc1ccc(/C=C2\Oc3c(ccc([O-])c3C[NH+](C)Cc3ccccc3)C2=O)o1. The molecule has 2 heterocycles. The molecule has 1 N–H and O–H groups in total. The zero-order valence-corrected chi connectivity index (χ0v) is 15.8. The van der Waals surface area contributed by atoms with Crippen LogP contribution in [0.2, 0.25) is 0 Å². The number of ether oxygens (including phenoxy) is 1. The summed E-state index contributed by atoms with van der Waals surface area (Å²) in [6.07, 6.45) is 1.57. The molecule has 1 atom stereocenters. The van der Waals surface area contributed by atoms with Gasteiger partial charge < -0.3 is 19.2 Å². The Hall–Kier alpha value is -3.31. The van der Waals surface area contributed by atoms with E-state index < -0.39 is 0 Å². The monoisotopic (exact) mass is 375 g/mol. The first-order chi connectivity index (χ1) is 13.5. The predicted octanol–water partition coefficient (Wildman–Crippen LogP) is 2.49. The summed E-state index contributed by atoms with van der Waals surface area (Å²) in [6, 6.07) is 16.7. The lowest BCUT2D eigenvalue weighted by molar-refractivity contribution is -0.907. The van der Waals surface area contributed by atoms with Crippen LogP contribution in [-0.2, 0) is 13.1 Å². The van der Waals surface area contributed by atoms with Crippen LogP contribution in [0.3, 0.4) is 0 Å². The van der Waals surface area contributed by atoms with Crippen LogP contribution >= 0.6 is 0 Å². The largest absolute Gasteiger partial charge is 0.872 e. The molecule has 5 nitrogen and oxygen atoms in total. The molecule has 0 amide bonds. The van der Waals surface area contributed by atoms with Gasteiger partial charge >= 0.3 is 0 Å². The van der Waals surface area contributed by atoms with E-state index >= 15 is 0 Å². The van der Waals surface area contributed by atoms with E-state index in [0.717, 1.165) is 17.2 Å². The lowest BCUT2D eigenvalue weighted by Crippen LogP contribution is -3.06. The Morgan fingerprint density at radius 2 is 1.82 bits per heavy atom. The van der Waals surface area contributed by atoms with Gasteiger partial charge in [-0.25, -0.2) is 0 Å². The number of hydrogen-bond donors (Lipinski definition) is 1. The Bertz CT molecular complexity index is 1050. The topological polar surface area (TPSA) is 66.9 Å². The fraction of sp³-hybridized carbons (Fsp3) is 0.174. The third kappa shape index (κ3) is 3.57. The molecule has 1 aliphatic rings. The number of carbonyl (C=O) groups is 1. The van der Waals surface area contributed by atoms with E-state index in [1.165, 1.54) is 11.6 Å². The van der Waals surface area contributed by atoms with Gasteiger partial charge in [0, 0.05) is 17.2 Å². The minimum Gasteiger partial charge on any atom is -0.872 e. The lowest BCUT2D eigenvalue weighted by Gasteiger charge is -2.20. The van der Waals surface area contributed by atoms with Gasteiger partial charge in [0.15, 0.2) is 5.76 Å². The number of allylic oxidation sites excluding steroid dienone is 1. The van der Waals surface area contributed by atoms with Crippen molar-refractivity contribution < 1.29 is 24.0 Å². The highest BCUT2D eigenvalue weighted by molar-refractivity contribution is 6.14. The summed E-state index contributed by atoms with van der Waals surface area (Å²) < 4.78 is 11.3. The minimum absolute atomic E-state index is 0.117. The van der Waals surface area contributed by atoms with Gasteiger partial charge in [0.2, 0.25) is 5.78 Å². The molecule has 142 valence electrons. The summed E-state index contributed by atoms with van der Waals surface area (Å²) in [4.78, 5) is 13.8. The van der Waals surface area contributed by atoms with Crippen molar-refractivity contribution >= 4 is 11.9 Å². The summed E-state index contributed by atoms with van der Waals surface area (Å²) in [7, 11) is 2.02. The lowest BCUT2D eigenvalue weighted by atomic mass is 10.0. The van der Waals surface area contributed by atoms with Gasteiger partial charge in [0.25, 0.3) is 0 Å². The number of furan rings is 1. The van der Waals surface area contributed by atoms with Gasteiger partial charge in [-0.05, 0) is 25.1 Å². The minimum atomic E-state index is -0.231. The third-order valence-electron chi connectivity index (χ3n) is 4.76. The molecule has 0 saturated heterocycles. The molecule has 3 aromatic rings. The Kier molecular flexibility index (Phi) is 4.75. The molecular weight excluding hydrogens is 354 g/mol. The Morgan fingerprint density at radius 3 is 2.54 bits per heavy atom. The molecule has 4 rings (SSSR count). The average Bonchev–Trinajstić information content (AvgIpc) is 3.22. The molecule has 0 saturated carbocycles. The smallest absolute Gasteiger partial charge is 0.232 e. The summed E-state index contributed by atoms with van der Waals surface area (Å²) in [6.45, 7) is 3.07. The second kappa shape index (κ2) is 7.37. The van der Waals surface area contributed by atoms with Gasteiger partial charge in [-0.2, -0.15) is 0 Å². The molecule has 5 heteroatoms. The van der Waals surface area contributed by atoms with Crippen molar-refractivity contribution in [3.63, 3.8) is 0 Å². The number of ketones is 1. The highest BCUT2D eigenvalue weighted by atomic mass is 16.5. The maximum Gasteiger partial charge on any atom is 0.232 e. The second-order valence-corrected chi connectivity index (χ2v) is 7.10. The normalized spacial score (nSPS) is 15.5. The van der Waals surface area contributed by atoms with Gasteiger partial charge in [0.05, 0.1) is 12.6 Å². The van der Waals surface area contributed by atoms with Crippen molar-refractivity contribution in [3.05, 3.63) is 88.6 Å². The number of rotatable bonds is 5. The van der Waals surface area contributed by atoms with Crippen molar-refractivity contribution in [1.82, 2.24) is 0 Å². The Morgan fingerprint density at radius 1 is 1.04 bits per heavy atom. The van der Waals surface area contributed by atoms with E-state index in [1.807, 2.05) is 38.2 Å². The van der Waals surface area contributed by atoms with E-state index in [9.17, 15) is 9.90 Å². The van der Waals surface area contributed by atoms with E-state index in [-0.39, 0.29) is 17.3 Å². The number of fused-ring (bicyclic) bond motifs is 1. The van der Waals surface area contributed by atoms with E-state index in [0.29, 0.717) is 29.2 Å². The first kappa shape index (κ1) is 18.1. The van der Waals surface area contributed by atoms with Crippen LogP contribution in [-0.4, -0.2) is 12.8 Å². The molecule has 1 unspecified atom stereocenters. The molecule has 0 bridgehead atoms. The zero-order valence-electron chi connectivity index (χ0n) is 15.8. The molecular formula is C23H21NO4. The van der Waals surface area contributed by atoms with Gasteiger partial charge in [-0.3, -0.25) is 4.79 Å². The van der Waals surface area contributed by atoms with Crippen LogP contribution in [0.4, 0.5) is 0 Å². The highest BCUT2D eigenvalue weighted by Gasteiger charge is 2.31. The predicted molar refractivity (Wildman–Crippen MR) is 103 cm³/mol. The zero-order chi connectivity index (χ0) is 19.7. The first-order valence-corrected chi connectivity index (χ1v) is 9.20. The quantitative estimate of drug-likeness (QED) is 0.696. The van der Waals surface area contributed by atoms with Crippen molar-refractivity contribution in [2.75, 3.05) is 7.05 Å². The summed E-state index contributed by atoms with van der Waals surface area (Å²) in [5.74, 6) is 1.50. The maximum absolute atomic E-state index is 12.7. The van der Waals surface area contributed by atoms with Gasteiger partial charge in [0.1, 0.15) is 30.4 Å². The van der Waals surface area contributed by atoms with E-state index in [4.69, 9.17) is 9.15 Å². The molecule has 1 aromatic heterocycles. The molecule has 2 aromatic carbocycles. The first-order valence-electron chi connectivity index (χ1n) is 9.20. The van der Waals surface area contributed by atoms with Crippen LogP contribution in [0.5, 0.6) is 11.5 Å². The standard InChI is InChI=1S/C23H21NO4/c1-15-8-9-17(27-15)12-21-22(26)18-10-11-20(25)19(23(18)28-21)14-24(2)13-16-6-4-3-5-7-16/h3-12,25H,13-14H2,1-2H3/b21-12-. The second-order valence-electron chi connectivity index (χ2n) is 7.10. The average molecular weight is 375 g/mol. The van der Waals surface area contributed by atoms with Crippen molar-refractivity contribution in [1.29, 1.82) is 0 Å². The van der Waals surface area contributed by atoms with Crippen LogP contribution in [0, 0.1) is 6.92 Å². The van der Waals surface area contributed by atoms with Crippen molar-refractivity contribution in [3.8, 4) is 11.5 Å².